The summed E-state index contributed by atoms with van der Waals surface area (Å²) in [5.41, 5.74) is 0. The molecule has 4 nitrogen and oxygen atoms in total. The van der Waals surface area contributed by atoms with Crippen LogP contribution in [0.5, 0.6) is 0 Å². The molecule has 0 aromatic carbocycles. The van der Waals surface area contributed by atoms with E-state index >= 15 is 0 Å². The molecule has 1 spiro atoms. The minimum atomic E-state index is -0.338. The van der Waals surface area contributed by atoms with E-state index in [2.05, 4.69) is 0 Å². The van der Waals surface area contributed by atoms with Crippen LogP contribution in [0, 0.1) is 17.8 Å². The van der Waals surface area contributed by atoms with Crippen LogP contribution < -0.4 is 0 Å². The number of hydrogen-bond donors (Lipinski definition) is 0. The summed E-state index contributed by atoms with van der Waals surface area (Å²) in [6, 6.07) is 0. The van der Waals surface area contributed by atoms with Gasteiger partial charge in [0.1, 0.15) is 0 Å². The van der Waals surface area contributed by atoms with Gasteiger partial charge in [-0.2, -0.15) is 0 Å². The molecule has 2 aliphatic carbocycles. The average Bonchev–Trinajstić information content (AvgIpc) is 2.92. The summed E-state index contributed by atoms with van der Waals surface area (Å²) >= 11 is 0. The second-order valence-electron chi connectivity index (χ2n) is 4.77. The van der Waals surface area contributed by atoms with Crippen molar-refractivity contribution < 1.29 is 19.0 Å². The fourth-order valence-electron chi connectivity index (χ4n) is 3.51. The van der Waals surface area contributed by atoms with Crippen LogP contribution >= 0.6 is 0 Å². The Kier molecular flexibility index (Phi) is 2.04. The summed E-state index contributed by atoms with van der Waals surface area (Å²) in [6.07, 6.45) is 2.80. The topological polar surface area (TPSA) is 44.8 Å². The van der Waals surface area contributed by atoms with E-state index in [-0.39, 0.29) is 17.7 Å². The zero-order valence-electron chi connectivity index (χ0n) is 8.90. The van der Waals surface area contributed by atoms with E-state index in [4.69, 9.17) is 14.2 Å². The Balaban J connectivity index is 1.74. The van der Waals surface area contributed by atoms with Gasteiger partial charge >= 0.3 is 5.97 Å². The second kappa shape index (κ2) is 3.19. The summed E-state index contributed by atoms with van der Waals surface area (Å²) in [5.74, 6) is 0.485. The highest BCUT2D eigenvalue weighted by atomic mass is 16.7. The van der Waals surface area contributed by atoms with E-state index in [1.165, 1.54) is 7.11 Å². The van der Waals surface area contributed by atoms with E-state index in [1.807, 2.05) is 0 Å². The summed E-state index contributed by atoms with van der Waals surface area (Å²) in [6.45, 7) is 1.40. The molecular formula is C11H16O4. The van der Waals surface area contributed by atoms with E-state index in [0.29, 0.717) is 25.0 Å². The molecule has 2 bridgehead atoms. The van der Waals surface area contributed by atoms with Crippen molar-refractivity contribution in [2.45, 2.75) is 25.0 Å². The van der Waals surface area contributed by atoms with Gasteiger partial charge in [0.15, 0.2) is 5.79 Å². The molecule has 2 saturated carbocycles. The molecule has 3 fully saturated rings. The lowest BCUT2D eigenvalue weighted by Gasteiger charge is -2.34. The monoisotopic (exact) mass is 212 g/mol. The Bertz CT molecular complexity index is 282. The Morgan fingerprint density at radius 2 is 2.07 bits per heavy atom. The van der Waals surface area contributed by atoms with Crippen LogP contribution in [0.2, 0.25) is 0 Å². The molecule has 4 heteroatoms. The van der Waals surface area contributed by atoms with Gasteiger partial charge in [-0.05, 0) is 18.8 Å². The van der Waals surface area contributed by atoms with E-state index in [0.717, 1.165) is 19.3 Å². The fourth-order valence-corrected chi connectivity index (χ4v) is 3.51. The van der Waals surface area contributed by atoms with Gasteiger partial charge in [0.25, 0.3) is 0 Å². The minimum absolute atomic E-state index is 0.0599. The maximum absolute atomic E-state index is 11.5. The zero-order valence-corrected chi connectivity index (χ0v) is 8.90. The van der Waals surface area contributed by atoms with Gasteiger partial charge in [-0.15, -0.1) is 0 Å². The highest BCUT2D eigenvalue weighted by Gasteiger charge is 2.60. The number of rotatable bonds is 1. The normalized spacial score (nSPS) is 41.3. The van der Waals surface area contributed by atoms with Crippen LogP contribution in [0.4, 0.5) is 0 Å². The smallest absolute Gasteiger partial charge is 0.308 e. The van der Waals surface area contributed by atoms with E-state index in [9.17, 15) is 4.79 Å². The quantitative estimate of drug-likeness (QED) is 0.607. The van der Waals surface area contributed by atoms with Crippen LogP contribution in [0.3, 0.4) is 0 Å². The van der Waals surface area contributed by atoms with E-state index < -0.39 is 0 Å². The number of fused-ring (bicyclic) bond motifs is 3. The molecule has 84 valence electrons. The van der Waals surface area contributed by atoms with Gasteiger partial charge in [-0.3, -0.25) is 4.79 Å². The number of carbonyl (C=O) groups excluding carboxylic acids is 1. The summed E-state index contributed by atoms with van der Waals surface area (Å²) in [5, 5.41) is 0. The summed E-state index contributed by atoms with van der Waals surface area (Å²) in [4.78, 5) is 11.5. The Morgan fingerprint density at radius 1 is 1.33 bits per heavy atom. The van der Waals surface area contributed by atoms with Gasteiger partial charge in [0, 0.05) is 12.3 Å². The van der Waals surface area contributed by atoms with Gasteiger partial charge in [-0.25, -0.2) is 0 Å². The first-order chi connectivity index (χ1) is 7.25. The molecule has 0 N–H and O–H groups in total. The molecule has 1 aliphatic heterocycles. The third-order valence-corrected chi connectivity index (χ3v) is 4.14. The largest absolute Gasteiger partial charge is 0.469 e. The molecular weight excluding hydrogens is 196 g/mol. The third kappa shape index (κ3) is 1.24. The number of esters is 1. The predicted octanol–water partition coefficient (Wildman–Crippen LogP) is 0.949. The van der Waals surface area contributed by atoms with Crippen LogP contribution in [0.1, 0.15) is 19.3 Å². The summed E-state index contributed by atoms with van der Waals surface area (Å²) in [7, 11) is 1.46. The Morgan fingerprint density at radius 3 is 2.60 bits per heavy atom. The number of methoxy groups -OCH3 is 1. The van der Waals surface area contributed by atoms with Gasteiger partial charge in [0.05, 0.1) is 26.2 Å². The van der Waals surface area contributed by atoms with Crippen molar-refractivity contribution in [1.82, 2.24) is 0 Å². The Labute approximate surface area is 88.9 Å². The first-order valence-electron chi connectivity index (χ1n) is 5.61. The lowest BCUT2D eigenvalue weighted by atomic mass is 9.85. The van der Waals surface area contributed by atoms with Gasteiger partial charge in [-0.1, -0.05) is 0 Å². The fraction of sp³-hybridized carbons (Fsp3) is 0.909. The molecule has 0 aromatic heterocycles. The average molecular weight is 212 g/mol. The molecule has 3 rings (SSSR count). The Hall–Kier alpha value is -0.610. The van der Waals surface area contributed by atoms with Crippen molar-refractivity contribution in [1.29, 1.82) is 0 Å². The molecule has 3 atom stereocenters. The van der Waals surface area contributed by atoms with E-state index in [1.54, 1.807) is 0 Å². The number of hydrogen-bond acceptors (Lipinski definition) is 4. The van der Waals surface area contributed by atoms with Gasteiger partial charge in [0.2, 0.25) is 0 Å². The van der Waals surface area contributed by atoms with Crippen LogP contribution in [-0.4, -0.2) is 32.1 Å². The van der Waals surface area contributed by atoms with Crippen molar-refractivity contribution in [2.24, 2.45) is 17.8 Å². The molecule has 1 saturated heterocycles. The van der Waals surface area contributed by atoms with Crippen molar-refractivity contribution >= 4 is 5.97 Å². The zero-order chi connectivity index (χ0) is 10.5. The van der Waals surface area contributed by atoms with Crippen molar-refractivity contribution in [2.75, 3.05) is 20.3 Å². The van der Waals surface area contributed by atoms with Crippen molar-refractivity contribution in [3.63, 3.8) is 0 Å². The third-order valence-electron chi connectivity index (χ3n) is 4.14. The molecule has 0 radical (unpaired) electrons. The van der Waals surface area contributed by atoms with Crippen LogP contribution in [0.15, 0.2) is 0 Å². The predicted molar refractivity (Wildman–Crippen MR) is 51.0 cm³/mol. The van der Waals surface area contributed by atoms with Crippen LogP contribution in [-0.2, 0) is 19.0 Å². The number of ether oxygens (including phenoxy) is 3. The molecule has 0 aromatic rings. The molecule has 0 unspecified atom stereocenters. The summed E-state index contributed by atoms with van der Waals surface area (Å²) < 4.78 is 16.3. The highest BCUT2D eigenvalue weighted by Crippen LogP contribution is 2.57. The molecule has 1 heterocycles. The maximum Gasteiger partial charge on any atom is 0.308 e. The molecule has 15 heavy (non-hydrogen) atoms. The highest BCUT2D eigenvalue weighted by molar-refractivity contribution is 5.73. The second-order valence-corrected chi connectivity index (χ2v) is 4.77. The first kappa shape index (κ1) is 9.60. The van der Waals surface area contributed by atoms with Gasteiger partial charge < -0.3 is 14.2 Å². The SMILES string of the molecule is COC(=O)[C@H]1C[C@@H]2C[C@H]1CC21OCCO1. The minimum Gasteiger partial charge on any atom is -0.469 e. The molecule has 0 amide bonds. The lowest BCUT2D eigenvalue weighted by Crippen LogP contribution is -2.40. The lowest BCUT2D eigenvalue weighted by molar-refractivity contribution is -0.197. The van der Waals surface area contributed by atoms with Crippen molar-refractivity contribution in [3.05, 3.63) is 0 Å². The van der Waals surface area contributed by atoms with Crippen molar-refractivity contribution in [3.8, 4) is 0 Å². The molecule has 3 aliphatic rings. The standard InChI is InChI=1S/C11H16O4/c1-13-10(12)9-5-8-4-7(9)6-11(8)14-2-3-15-11/h7-9H,2-6H2,1H3/t7-,8-,9-/m0/s1. The van der Waals surface area contributed by atoms with Crippen LogP contribution in [0.25, 0.3) is 0 Å². The number of carbonyl (C=O) groups is 1. The maximum atomic E-state index is 11.5. The first-order valence-corrected chi connectivity index (χ1v) is 5.61.